The van der Waals surface area contributed by atoms with Gasteiger partial charge in [0, 0.05) is 37.0 Å². The third kappa shape index (κ3) is 4.85. The van der Waals surface area contributed by atoms with Crippen LogP contribution in [0.25, 0.3) is 0 Å². The van der Waals surface area contributed by atoms with E-state index in [1.165, 1.54) is 0 Å². The maximum atomic E-state index is 12.5. The van der Waals surface area contributed by atoms with Gasteiger partial charge in [-0.25, -0.2) is 4.98 Å². The highest BCUT2D eigenvalue weighted by molar-refractivity contribution is 5.94. The third-order valence-electron chi connectivity index (χ3n) is 4.39. The Morgan fingerprint density at radius 3 is 2.59 bits per heavy atom. The highest BCUT2D eigenvalue weighted by Crippen LogP contribution is 2.36. The van der Waals surface area contributed by atoms with Crippen LogP contribution in [0.2, 0.25) is 0 Å². The number of ether oxygens (including phenoxy) is 3. The van der Waals surface area contributed by atoms with E-state index in [1.54, 1.807) is 51.0 Å². The lowest BCUT2D eigenvalue weighted by Gasteiger charge is -2.16. The van der Waals surface area contributed by atoms with E-state index in [4.69, 9.17) is 19.9 Å². The number of carbonyl (C=O) groups excluding carboxylic acids is 1. The Hall–Kier alpha value is -3.52. The van der Waals surface area contributed by atoms with E-state index in [0.717, 1.165) is 11.3 Å². The van der Waals surface area contributed by atoms with Crippen LogP contribution in [0.1, 0.15) is 21.6 Å². The molecule has 0 aliphatic carbocycles. The summed E-state index contributed by atoms with van der Waals surface area (Å²) < 4.78 is 16.8. The molecule has 2 aromatic carbocycles. The predicted molar refractivity (Wildman–Crippen MR) is 109 cm³/mol. The number of amides is 1. The van der Waals surface area contributed by atoms with Gasteiger partial charge in [0.2, 0.25) is 0 Å². The number of nitrogens with two attached hydrogens (primary N) is 1. The van der Waals surface area contributed by atoms with E-state index < -0.39 is 0 Å². The number of benzene rings is 2. The summed E-state index contributed by atoms with van der Waals surface area (Å²) in [6, 6.07) is 10.4. The molecule has 8 heteroatoms. The summed E-state index contributed by atoms with van der Waals surface area (Å²) in [6.45, 7) is 0.728. The first kappa shape index (κ1) is 20.2. The summed E-state index contributed by atoms with van der Waals surface area (Å²) in [4.78, 5) is 19.5. The Labute approximate surface area is 169 Å². The van der Waals surface area contributed by atoms with Gasteiger partial charge in [0.25, 0.3) is 5.91 Å². The second-order valence-electron chi connectivity index (χ2n) is 6.19. The van der Waals surface area contributed by atoms with Crippen LogP contribution >= 0.6 is 0 Å². The second-order valence-corrected chi connectivity index (χ2v) is 6.19. The minimum Gasteiger partial charge on any atom is -0.496 e. The number of nitrogens with zero attached hydrogens (tertiary/aromatic N) is 1. The van der Waals surface area contributed by atoms with Gasteiger partial charge in [-0.05, 0) is 30.3 Å². The van der Waals surface area contributed by atoms with Crippen molar-refractivity contribution >= 4 is 5.91 Å². The first-order chi connectivity index (χ1) is 14.2. The molecular formula is C21H24N4O4. The molecule has 1 heterocycles. The minimum absolute atomic E-state index is 0.207. The molecule has 0 spiro atoms. The molecule has 0 saturated carbocycles. The molecule has 0 atom stereocenters. The molecule has 3 aromatic rings. The Bertz CT molecular complexity index is 957. The Kier molecular flexibility index (Phi) is 6.70. The van der Waals surface area contributed by atoms with Crippen LogP contribution in [0.4, 0.5) is 0 Å². The highest BCUT2D eigenvalue weighted by atomic mass is 16.5. The molecule has 4 N–H and O–H groups in total. The Balaban J connectivity index is 1.77. The van der Waals surface area contributed by atoms with Gasteiger partial charge >= 0.3 is 0 Å². The smallest absolute Gasteiger partial charge is 0.251 e. The van der Waals surface area contributed by atoms with Crippen molar-refractivity contribution in [3.63, 3.8) is 0 Å². The number of carbonyl (C=O) groups is 1. The highest BCUT2D eigenvalue weighted by Gasteiger charge is 2.15. The van der Waals surface area contributed by atoms with Gasteiger partial charge in [-0.15, -0.1) is 0 Å². The number of rotatable bonds is 9. The fourth-order valence-electron chi connectivity index (χ4n) is 2.88. The molecule has 29 heavy (non-hydrogen) atoms. The average Bonchev–Trinajstić information content (AvgIpc) is 3.27. The van der Waals surface area contributed by atoms with Crippen LogP contribution in [0.5, 0.6) is 23.0 Å². The molecule has 1 aromatic heterocycles. The lowest BCUT2D eigenvalue weighted by molar-refractivity contribution is 0.0953. The molecule has 0 aliphatic rings. The maximum absolute atomic E-state index is 12.5. The molecule has 8 nitrogen and oxygen atoms in total. The topological polar surface area (TPSA) is 111 Å². The number of hydrogen-bond acceptors (Lipinski definition) is 6. The summed E-state index contributed by atoms with van der Waals surface area (Å²) in [7, 11) is 3.12. The van der Waals surface area contributed by atoms with Crippen molar-refractivity contribution in [1.82, 2.24) is 15.3 Å². The SMILES string of the molecule is COc1ccc(C(=O)NCCc2cnc[nH]2)cc1Oc1cccc(OC)c1CN. The fourth-order valence-corrected chi connectivity index (χ4v) is 2.88. The first-order valence-corrected chi connectivity index (χ1v) is 9.13. The lowest BCUT2D eigenvalue weighted by Crippen LogP contribution is -2.25. The average molecular weight is 396 g/mol. The van der Waals surface area contributed by atoms with Crippen molar-refractivity contribution in [2.45, 2.75) is 13.0 Å². The normalized spacial score (nSPS) is 10.4. The number of imidazole rings is 1. The monoisotopic (exact) mass is 396 g/mol. The summed E-state index contributed by atoms with van der Waals surface area (Å²) in [5.41, 5.74) is 8.01. The summed E-state index contributed by atoms with van der Waals surface area (Å²) in [5.74, 6) is 1.89. The van der Waals surface area contributed by atoms with Crippen molar-refractivity contribution in [2.75, 3.05) is 20.8 Å². The zero-order chi connectivity index (χ0) is 20.6. The van der Waals surface area contributed by atoms with Crippen LogP contribution < -0.4 is 25.3 Å². The van der Waals surface area contributed by atoms with Gasteiger partial charge < -0.3 is 30.2 Å². The molecule has 152 valence electrons. The van der Waals surface area contributed by atoms with E-state index >= 15 is 0 Å². The second kappa shape index (κ2) is 9.61. The zero-order valence-corrected chi connectivity index (χ0v) is 16.4. The van der Waals surface area contributed by atoms with Crippen LogP contribution in [0, 0.1) is 0 Å². The molecule has 0 radical (unpaired) electrons. The summed E-state index contributed by atoms with van der Waals surface area (Å²) >= 11 is 0. The van der Waals surface area contributed by atoms with Gasteiger partial charge in [-0.3, -0.25) is 4.79 Å². The molecule has 0 bridgehead atoms. The van der Waals surface area contributed by atoms with E-state index in [-0.39, 0.29) is 12.5 Å². The van der Waals surface area contributed by atoms with Crippen molar-refractivity contribution in [1.29, 1.82) is 0 Å². The summed E-state index contributed by atoms with van der Waals surface area (Å²) in [6.07, 6.45) is 4.00. The van der Waals surface area contributed by atoms with Gasteiger partial charge in [-0.1, -0.05) is 6.07 Å². The van der Waals surface area contributed by atoms with Gasteiger partial charge in [0.05, 0.1) is 26.1 Å². The van der Waals surface area contributed by atoms with Crippen molar-refractivity contribution in [2.24, 2.45) is 5.73 Å². The number of aromatic nitrogens is 2. The molecule has 1 amide bonds. The number of methoxy groups -OCH3 is 2. The van der Waals surface area contributed by atoms with Crippen molar-refractivity contribution in [3.05, 3.63) is 65.7 Å². The van der Waals surface area contributed by atoms with E-state index in [9.17, 15) is 4.79 Å². The van der Waals surface area contributed by atoms with Crippen LogP contribution in [-0.2, 0) is 13.0 Å². The standard InChI is InChI=1S/C21H24N4O4/c1-27-17-4-3-5-18(16(17)11-22)29-20-10-14(6-7-19(20)28-2)21(26)24-9-8-15-12-23-13-25-15/h3-7,10,12-13H,8-9,11,22H2,1-2H3,(H,23,25)(H,24,26). The van der Waals surface area contributed by atoms with Gasteiger partial charge in [0.15, 0.2) is 11.5 Å². The van der Waals surface area contributed by atoms with Crippen LogP contribution in [-0.4, -0.2) is 36.6 Å². The predicted octanol–water partition coefficient (Wildman–Crippen LogP) is 2.65. The number of nitrogens with one attached hydrogen (secondary N) is 2. The van der Waals surface area contributed by atoms with Gasteiger partial charge in [-0.2, -0.15) is 0 Å². The maximum Gasteiger partial charge on any atom is 0.251 e. The van der Waals surface area contributed by atoms with Crippen molar-refractivity contribution in [3.8, 4) is 23.0 Å². The lowest BCUT2D eigenvalue weighted by atomic mass is 10.1. The quantitative estimate of drug-likeness (QED) is 0.513. The number of aromatic amines is 1. The number of hydrogen-bond donors (Lipinski definition) is 3. The molecule has 0 aliphatic heterocycles. The van der Waals surface area contributed by atoms with Gasteiger partial charge in [0.1, 0.15) is 11.5 Å². The molecule has 0 unspecified atom stereocenters. The molecular weight excluding hydrogens is 372 g/mol. The Morgan fingerprint density at radius 2 is 1.90 bits per heavy atom. The molecule has 0 saturated heterocycles. The van der Waals surface area contributed by atoms with E-state index in [2.05, 4.69) is 15.3 Å². The van der Waals surface area contributed by atoms with Crippen LogP contribution in [0.15, 0.2) is 48.9 Å². The summed E-state index contributed by atoms with van der Waals surface area (Å²) in [5, 5.41) is 2.88. The first-order valence-electron chi connectivity index (χ1n) is 9.13. The van der Waals surface area contributed by atoms with Crippen molar-refractivity contribution < 1.29 is 19.0 Å². The van der Waals surface area contributed by atoms with E-state index in [0.29, 0.717) is 41.5 Å². The Morgan fingerprint density at radius 1 is 1.10 bits per heavy atom. The van der Waals surface area contributed by atoms with Crippen LogP contribution in [0.3, 0.4) is 0 Å². The molecule has 3 rings (SSSR count). The largest absolute Gasteiger partial charge is 0.496 e. The zero-order valence-electron chi connectivity index (χ0n) is 16.4. The third-order valence-corrected chi connectivity index (χ3v) is 4.39. The number of H-pyrrole nitrogens is 1. The minimum atomic E-state index is -0.207. The fraction of sp³-hybridized carbons (Fsp3) is 0.238. The van der Waals surface area contributed by atoms with E-state index in [1.807, 2.05) is 12.1 Å². The molecule has 0 fully saturated rings.